The third-order valence-electron chi connectivity index (χ3n) is 3.67. The quantitative estimate of drug-likeness (QED) is 0.859. The zero-order valence-electron chi connectivity index (χ0n) is 11.6. The van der Waals surface area contributed by atoms with E-state index in [0.717, 1.165) is 6.07 Å². The molecular formula is C13H19FN2O3S. The van der Waals surface area contributed by atoms with Crippen LogP contribution in [-0.4, -0.2) is 39.0 Å². The number of nitrogens with zero attached hydrogens (tertiary/aromatic N) is 1. The van der Waals surface area contributed by atoms with Gasteiger partial charge in [-0.05, 0) is 31.9 Å². The number of sulfonamides is 1. The van der Waals surface area contributed by atoms with Gasteiger partial charge < -0.3 is 10.5 Å². The molecule has 0 aromatic heterocycles. The van der Waals surface area contributed by atoms with Crippen molar-refractivity contribution in [3.8, 4) is 0 Å². The highest BCUT2D eigenvalue weighted by Gasteiger charge is 2.31. The molecule has 1 aliphatic heterocycles. The Bertz CT molecular complexity index is 596. The van der Waals surface area contributed by atoms with Crippen LogP contribution in [0.4, 0.5) is 10.1 Å². The number of rotatable bonds is 3. The number of piperidine rings is 1. The Morgan fingerprint density at radius 3 is 2.50 bits per heavy atom. The topological polar surface area (TPSA) is 72.6 Å². The van der Waals surface area contributed by atoms with Crippen molar-refractivity contribution in [2.75, 3.05) is 25.9 Å². The highest BCUT2D eigenvalue weighted by atomic mass is 32.2. The van der Waals surface area contributed by atoms with Crippen LogP contribution in [0.15, 0.2) is 17.0 Å². The van der Waals surface area contributed by atoms with Crippen molar-refractivity contribution in [1.29, 1.82) is 0 Å². The first-order chi connectivity index (χ1) is 9.36. The van der Waals surface area contributed by atoms with Crippen LogP contribution in [0.1, 0.15) is 18.4 Å². The zero-order valence-corrected chi connectivity index (χ0v) is 12.4. The molecule has 2 N–H and O–H groups in total. The molecule has 112 valence electrons. The van der Waals surface area contributed by atoms with E-state index in [1.54, 1.807) is 7.11 Å². The Hall–Kier alpha value is -1.18. The van der Waals surface area contributed by atoms with Gasteiger partial charge in [0.2, 0.25) is 10.0 Å². The smallest absolute Gasteiger partial charge is 0.243 e. The minimum absolute atomic E-state index is 0.0501. The van der Waals surface area contributed by atoms with Crippen molar-refractivity contribution in [2.24, 2.45) is 0 Å². The number of nitrogens with two attached hydrogens (primary N) is 1. The van der Waals surface area contributed by atoms with Gasteiger partial charge in [-0.25, -0.2) is 12.8 Å². The molecule has 0 radical (unpaired) electrons. The summed E-state index contributed by atoms with van der Waals surface area (Å²) in [6.07, 6.45) is 1.36. The van der Waals surface area contributed by atoms with E-state index in [-0.39, 0.29) is 22.3 Å². The number of halogens is 1. The average Bonchev–Trinajstić information content (AvgIpc) is 2.42. The molecule has 0 amide bonds. The first-order valence-corrected chi connectivity index (χ1v) is 7.89. The number of anilines is 1. The summed E-state index contributed by atoms with van der Waals surface area (Å²) >= 11 is 0. The van der Waals surface area contributed by atoms with E-state index in [1.807, 2.05) is 0 Å². The van der Waals surface area contributed by atoms with Crippen LogP contribution in [0.5, 0.6) is 0 Å². The monoisotopic (exact) mass is 302 g/mol. The molecule has 1 saturated heterocycles. The predicted molar refractivity (Wildman–Crippen MR) is 74.3 cm³/mol. The molecule has 1 aromatic rings. The summed E-state index contributed by atoms with van der Waals surface area (Å²) in [5.74, 6) is -0.602. The molecule has 5 nitrogen and oxygen atoms in total. The maximum Gasteiger partial charge on any atom is 0.243 e. The van der Waals surface area contributed by atoms with Gasteiger partial charge in [0.1, 0.15) is 5.82 Å². The molecule has 0 saturated carbocycles. The van der Waals surface area contributed by atoms with Crippen molar-refractivity contribution in [1.82, 2.24) is 4.31 Å². The lowest BCUT2D eigenvalue weighted by atomic mass is 10.1. The Morgan fingerprint density at radius 1 is 1.35 bits per heavy atom. The maximum absolute atomic E-state index is 13.7. The van der Waals surface area contributed by atoms with E-state index in [1.165, 1.54) is 17.3 Å². The lowest BCUT2D eigenvalue weighted by molar-refractivity contribution is 0.0604. The highest BCUT2D eigenvalue weighted by molar-refractivity contribution is 7.89. The SMILES string of the molecule is COC1CCN(S(=O)(=O)c2cc(N)cc(F)c2C)CC1. The average molecular weight is 302 g/mol. The van der Waals surface area contributed by atoms with Crippen molar-refractivity contribution in [3.63, 3.8) is 0 Å². The predicted octanol–water partition coefficient (Wildman–Crippen LogP) is 1.52. The Kier molecular flexibility index (Phi) is 4.31. The summed E-state index contributed by atoms with van der Waals surface area (Å²) in [6, 6.07) is 2.45. The molecule has 0 aliphatic carbocycles. The van der Waals surface area contributed by atoms with Crippen LogP contribution in [0.3, 0.4) is 0 Å². The number of methoxy groups -OCH3 is 1. The van der Waals surface area contributed by atoms with E-state index in [0.29, 0.717) is 25.9 Å². The van der Waals surface area contributed by atoms with Gasteiger partial charge in [-0.1, -0.05) is 0 Å². The van der Waals surface area contributed by atoms with Crippen LogP contribution in [0.25, 0.3) is 0 Å². The van der Waals surface area contributed by atoms with Gasteiger partial charge in [-0.15, -0.1) is 0 Å². The first-order valence-electron chi connectivity index (χ1n) is 6.45. The molecule has 0 bridgehead atoms. The van der Waals surface area contributed by atoms with Gasteiger partial charge >= 0.3 is 0 Å². The lowest BCUT2D eigenvalue weighted by Gasteiger charge is -2.30. The Morgan fingerprint density at radius 2 is 1.95 bits per heavy atom. The molecule has 1 fully saturated rings. The standard InChI is InChI=1S/C13H19FN2O3S/c1-9-12(14)7-10(15)8-13(9)20(17,18)16-5-3-11(19-2)4-6-16/h7-8,11H,3-6,15H2,1-2H3. The van der Waals surface area contributed by atoms with E-state index in [4.69, 9.17) is 10.5 Å². The fourth-order valence-corrected chi connectivity index (χ4v) is 4.13. The first kappa shape index (κ1) is 15.2. The summed E-state index contributed by atoms with van der Waals surface area (Å²) in [5, 5.41) is 0. The van der Waals surface area contributed by atoms with Crippen LogP contribution >= 0.6 is 0 Å². The normalized spacial score (nSPS) is 18.4. The fourth-order valence-electron chi connectivity index (χ4n) is 2.39. The largest absolute Gasteiger partial charge is 0.399 e. The second-order valence-electron chi connectivity index (χ2n) is 4.97. The van der Waals surface area contributed by atoms with Gasteiger partial charge in [-0.2, -0.15) is 4.31 Å². The summed E-state index contributed by atoms with van der Waals surface area (Å²) in [4.78, 5) is -0.0501. The third-order valence-corrected chi connectivity index (χ3v) is 5.70. The zero-order chi connectivity index (χ0) is 14.9. The molecule has 0 spiro atoms. The number of ether oxygens (including phenoxy) is 1. The van der Waals surface area contributed by atoms with Gasteiger partial charge in [0.15, 0.2) is 0 Å². The van der Waals surface area contributed by atoms with E-state index in [2.05, 4.69) is 0 Å². The molecule has 2 rings (SSSR count). The van der Waals surface area contributed by atoms with Crippen molar-refractivity contribution >= 4 is 15.7 Å². The molecule has 0 unspecified atom stereocenters. The Labute approximate surface area is 118 Å². The highest BCUT2D eigenvalue weighted by Crippen LogP contribution is 2.27. The van der Waals surface area contributed by atoms with Crippen LogP contribution in [0, 0.1) is 12.7 Å². The summed E-state index contributed by atoms with van der Waals surface area (Å²) in [7, 11) is -2.09. The molecule has 0 atom stereocenters. The number of hydrogen-bond acceptors (Lipinski definition) is 4. The second kappa shape index (κ2) is 5.67. The summed E-state index contributed by atoms with van der Waals surface area (Å²) in [6.45, 7) is 2.19. The maximum atomic E-state index is 13.7. The summed E-state index contributed by atoms with van der Waals surface area (Å²) < 4.78 is 45.4. The Balaban J connectivity index is 2.32. The summed E-state index contributed by atoms with van der Waals surface area (Å²) in [5.41, 5.74) is 5.77. The molecule has 20 heavy (non-hydrogen) atoms. The van der Waals surface area contributed by atoms with E-state index < -0.39 is 15.8 Å². The molecule has 1 aromatic carbocycles. The molecule has 1 aliphatic rings. The van der Waals surface area contributed by atoms with Crippen LogP contribution < -0.4 is 5.73 Å². The van der Waals surface area contributed by atoms with Gasteiger partial charge in [0, 0.05) is 31.5 Å². The van der Waals surface area contributed by atoms with Gasteiger partial charge in [0.25, 0.3) is 0 Å². The molecule has 1 heterocycles. The van der Waals surface area contributed by atoms with E-state index >= 15 is 0 Å². The van der Waals surface area contributed by atoms with Gasteiger partial charge in [0.05, 0.1) is 11.0 Å². The third kappa shape index (κ3) is 2.79. The van der Waals surface area contributed by atoms with Crippen molar-refractivity contribution < 1.29 is 17.5 Å². The van der Waals surface area contributed by atoms with Gasteiger partial charge in [-0.3, -0.25) is 0 Å². The fraction of sp³-hybridized carbons (Fsp3) is 0.538. The minimum atomic E-state index is -3.71. The number of benzene rings is 1. The van der Waals surface area contributed by atoms with Crippen molar-refractivity contribution in [3.05, 3.63) is 23.5 Å². The minimum Gasteiger partial charge on any atom is -0.399 e. The number of nitrogen functional groups attached to an aromatic ring is 1. The van der Waals surface area contributed by atoms with Crippen LogP contribution in [0.2, 0.25) is 0 Å². The number of hydrogen-bond donors (Lipinski definition) is 1. The van der Waals surface area contributed by atoms with Crippen LogP contribution in [-0.2, 0) is 14.8 Å². The second-order valence-corrected chi connectivity index (χ2v) is 6.87. The van der Waals surface area contributed by atoms with E-state index in [9.17, 15) is 12.8 Å². The molecule has 7 heteroatoms. The molecular weight excluding hydrogens is 283 g/mol. The lowest BCUT2D eigenvalue weighted by Crippen LogP contribution is -2.40. The van der Waals surface area contributed by atoms with Crippen molar-refractivity contribution in [2.45, 2.75) is 30.8 Å².